The topological polar surface area (TPSA) is 69.6 Å². The minimum absolute atomic E-state index is 0.0163. The van der Waals surface area contributed by atoms with Gasteiger partial charge in [-0.15, -0.1) is 0 Å². The number of aromatic carboxylic acids is 1. The van der Waals surface area contributed by atoms with E-state index in [1.54, 1.807) is 0 Å². The lowest BCUT2D eigenvalue weighted by Gasteiger charge is -2.24. The molecule has 0 aliphatic carbocycles. The number of nitrogens with one attached hydrogen (secondary N) is 1. The number of carboxylic acids is 1. The van der Waals surface area contributed by atoms with Crippen LogP contribution in [0.3, 0.4) is 0 Å². The van der Waals surface area contributed by atoms with E-state index < -0.39 is 23.2 Å². The SMILES string of the molecule is CC(C)(CCO)CNc1c(F)cc(C(=O)O)cc1F. The van der Waals surface area contributed by atoms with Crippen LogP contribution in [0.25, 0.3) is 0 Å². The monoisotopic (exact) mass is 273 g/mol. The maximum Gasteiger partial charge on any atom is 0.335 e. The molecule has 0 atom stereocenters. The smallest absolute Gasteiger partial charge is 0.335 e. The number of halogens is 2. The van der Waals surface area contributed by atoms with Crippen molar-refractivity contribution >= 4 is 11.7 Å². The highest BCUT2D eigenvalue weighted by Gasteiger charge is 2.20. The van der Waals surface area contributed by atoms with Crippen molar-refractivity contribution in [1.82, 2.24) is 0 Å². The van der Waals surface area contributed by atoms with Gasteiger partial charge in [-0.2, -0.15) is 0 Å². The van der Waals surface area contributed by atoms with Crippen molar-refractivity contribution in [3.63, 3.8) is 0 Å². The number of carbonyl (C=O) groups is 1. The van der Waals surface area contributed by atoms with E-state index >= 15 is 0 Å². The molecule has 0 fully saturated rings. The summed E-state index contributed by atoms with van der Waals surface area (Å²) in [6.07, 6.45) is 0.483. The Morgan fingerprint density at radius 2 is 1.84 bits per heavy atom. The molecule has 19 heavy (non-hydrogen) atoms. The van der Waals surface area contributed by atoms with E-state index in [0.29, 0.717) is 6.42 Å². The Bertz CT molecular complexity index is 452. The number of aliphatic hydroxyl groups is 1. The summed E-state index contributed by atoms with van der Waals surface area (Å²) in [5, 5.41) is 20.2. The van der Waals surface area contributed by atoms with Crippen molar-refractivity contribution in [1.29, 1.82) is 0 Å². The Morgan fingerprint density at radius 1 is 1.32 bits per heavy atom. The zero-order valence-corrected chi connectivity index (χ0v) is 10.8. The summed E-state index contributed by atoms with van der Waals surface area (Å²) in [6, 6.07) is 1.54. The summed E-state index contributed by atoms with van der Waals surface area (Å²) >= 11 is 0. The third kappa shape index (κ3) is 4.17. The van der Waals surface area contributed by atoms with Gasteiger partial charge in [-0.3, -0.25) is 0 Å². The number of rotatable bonds is 6. The van der Waals surface area contributed by atoms with Crippen LogP contribution in [0.1, 0.15) is 30.6 Å². The summed E-state index contributed by atoms with van der Waals surface area (Å²) in [4.78, 5) is 10.6. The molecule has 0 radical (unpaired) electrons. The molecular weight excluding hydrogens is 256 g/mol. The highest BCUT2D eigenvalue weighted by molar-refractivity contribution is 5.88. The van der Waals surface area contributed by atoms with E-state index in [0.717, 1.165) is 12.1 Å². The number of hydrogen-bond donors (Lipinski definition) is 3. The summed E-state index contributed by atoms with van der Waals surface area (Å²) in [5.41, 5.74) is -1.12. The second-order valence-electron chi connectivity index (χ2n) is 5.11. The van der Waals surface area contributed by atoms with Gasteiger partial charge in [0.05, 0.1) is 5.56 Å². The van der Waals surface area contributed by atoms with Crippen molar-refractivity contribution in [2.75, 3.05) is 18.5 Å². The molecule has 0 saturated heterocycles. The quantitative estimate of drug-likeness (QED) is 0.744. The number of anilines is 1. The van der Waals surface area contributed by atoms with Crippen LogP contribution >= 0.6 is 0 Å². The molecule has 0 saturated carbocycles. The van der Waals surface area contributed by atoms with Crippen molar-refractivity contribution < 1.29 is 23.8 Å². The van der Waals surface area contributed by atoms with Crippen LogP contribution in [-0.4, -0.2) is 29.3 Å². The molecule has 106 valence electrons. The Kier molecular flexibility index (Phi) is 4.83. The van der Waals surface area contributed by atoms with Crippen LogP contribution < -0.4 is 5.32 Å². The van der Waals surface area contributed by atoms with Crippen molar-refractivity contribution in [2.45, 2.75) is 20.3 Å². The maximum absolute atomic E-state index is 13.6. The fourth-order valence-electron chi connectivity index (χ4n) is 1.58. The van der Waals surface area contributed by atoms with E-state index in [-0.39, 0.29) is 24.3 Å². The summed E-state index contributed by atoms with van der Waals surface area (Å²) in [5.74, 6) is -3.28. The molecule has 4 nitrogen and oxygen atoms in total. The van der Waals surface area contributed by atoms with Crippen LogP contribution in [-0.2, 0) is 0 Å². The van der Waals surface area contributed by atoms with Gasteiger partial charge in [-0.05, 0) is 24.0 Å². The second kappa shape index (κ2) is 5.97. The van der Waals surface area contributed by atoms with Crippen LogP contribution in [0.2, 0.25) is 0 Å². The van der Waals surface area contributed by atoms with Gasteiger partial charge in [0.1, 0.15) is 17.3 Å². The largest absolute Gasteiger partial charge is 0.478 e. The molecule has 0 aliphatic rings. The lowest BCUT2D eigenvalue weighted by atomic mass is 9.89. The third-order valence-electron chi connectivity index (χ3n) is 2.82. The van der Waals surface area contributed by atoms with Crippen LogP contribution in [0.15, 0.2) is 12.1 Å². The van der Waals surface area contributed by atoms with E-state index in [1.165, 1.54) is 0 Å². The van der Waals surface area contributed by atoms with Crippen molar-refractivity contribution in [3.8, 4) is 0 Å². The van der Waals surface area contributed by atoms with Crippen molar-refractivity contribution in [3.05, 3.63) is 29.3 Å². The lowest BCUT2D eigenvalue weighted by molar-refractivity contribution is 0.0695. The van der Waals surface area contributed by atoms with E-state index in [4.69, 9.17) is 10.2 Å². The van der Waals surface area contributed by atoms with Gasteiger partial charge in [-0.1, -0.05) is 13.8 Å². The predicted molar refractivity (Wildman–Crippen MR) is 67.3 cm³/mol. The van der Waals surface area contributed by atoms with Gasteiger partial charge in [0.25, 0.3) is 0 Å². The molecule has 6 heteroatoms. The first kappa shape index (κ1) is 15.4. The standard InChI is InChI=1S/C13H17F2NO3/c1-13(2,3-4-17)7-16-11-9(14)5-8(12(18)19)6-10(11)15/h5-6,16-17H,3-4,7H2,1-2H3,(H,18,19). The van der Waals surface area contributed by atoms with E-state index in [9.17, 15) is 13.6 Å². The molecule has 0 unspecified atom stereocenters. The van der Waals surface area contributed by atoms with E-state index in [1.807, 2.05) is 13.8 Å². The molecule has 0 heterocycles. The third-order valence-corrected chi connectivity index (χ3v) is 2.82. The Hall–Kier alpha value is -1.69. The first-order valence-electron chi connectivity index (χ1n) is 5.84. The number of aliphatic hydroxyl groups excluding tert-OH is 1. The van der Waals surface area contributed by atoms with Crippen molar-refractivity contribution in [2.24, 2.45) is 5.41 Å². The summed E-state index contributed by atoms with van der Waals surface area (Å²) < 4.78 is 27.2. The Labute approximate surface area is 110 Å². The minimum Gasteiger partial charge on any atom is -0.478 e. The molecular formula is C13H17F2NO3. The number of carboxylic acid groups (broad SMARTS) is 1. The average molecular weight is 273 g/mol. The molecule has 1 aromatic rings. The van der Waals surface area contributed by atoms with Gasteiger partial charge in [0.2, 0.25) is 0 Å². The first-order valence-corrected chi connectivity index (χ1v) is 5.84. The van der Waals surface area contributed by atoms with E-state index in [2.05, 4.69) is 5.32 Å². The maximum atomic E-state index is 13.6. The van der Waals surface area contributed by atoms with Gasteiger partial charge in [0.15, 0.2) is 0 Å². The van der Waals surface area contributed by atoms with Gasteiger partial charge < -0.3 is 15.5 Å². The fraction of sp³-hybridized carbons (Fsp3) is 0.462. The van der Waals surface area contributed by atoms with Crippen LogP contribution in [0, 0.1) is 17.0 Å². The Balaban J connectivity index is 2.88. The molecule has 0 spiro atoms. The second-order valence-corrected chi connectivity index (χ2v) is 5.11. The molecule has 0 aliphatic heterocycles. The summed E-state index contributed by atoms with van der Waals surface area (Å²) in [7, 11) is 0. The fourth-order valence-corrected chi connectivity index (χ4v) is 1.58. The normalized spacial score (nSPS) is 11.4. The number of benzene rings is 1. The molecule has 1 rings (SSSR count). The van der Waals surface area contributed by atoms with Gasteiger partial charge in [-0.25, -0.2) is 13.6 Å². The van der Waals surface area contributed by atoms with Crippen LogP contribution in [0.4, 0.5) is 14.5 Å². The van der Waals surface area contributed by atoms with Gasteiger partial charge >= 0.3 is 5.97 Å². The van der Waals surface area contributed by atoms with Gasteiger partial charge in [0, 0.05) is 13.2 Å². The molecule has 0 bridgehead atoms. The highest BCUT2D eigenvalue weighted by atomic mass is 19.1. The number of hydrogen-bond acceptors (Lipinski definition) is 3. The predicted octanol–water partition coefficient (Wildman–Crippen LogP) is 2.48. The minimum atomic E-state index is -1.38. The zero-order chi connectivity index (χ0) is 14.6. The molecule has 0 amide bonds. The summed E-state index contributed by atoms with van der Waals surface area (Å²) in [6.45, 7) is 3.93. The first-order chi connectivity index (χ1) is 8.76. The molecule has 3 N–H and O–H groups in total. The lowest BCUT2D eigenvalue weighted by Crippen LogP contribution is -2.25. The zero-order valence-electron chi connectivity index (χ0n) is 10.8. The van der Waals surface area contributed by atoms with Crippen LogP contribution in [0.5, 0.6) is 0 Å². The molecule has 0 aromatic heterocycles. The highest BCUT2D eigenvalue weighted by Crippen LogP contribution is 2.25. The molecule has 1 aromatic carbocycles. The Morgan fingerprint density at radius 3 is 2.26 bits per heavy atom. The average Bonchev–Trinajstić information content (AvgIpc) is 2.27.